The van der Waals surface area contributed by atoms with Crippen molar-refractivity contribution in [3.05, 3.63) is 53.5 Å². The lowest BCUT2D eigenvalue weighted by molar-refractivity contribution is -0.00191. The van der Waals surface area contributed by atoms with E-state index in [0.29, 0.717) is 43.1 Å². The molecule has 2 aromatic heterocycles. The van der Waals surface area contributed by atoms with E-state index in [-0.39, 0.29) is 12.6 Å². The van der Waals surface area contributed by atoms with Crippen LogP contribution in [0.25, 0.3) is 5.82 Å². The molecule has 11 heteroatoms. The lowest BCUT2D eigenvalue weighted by atomic mass is 9.79. The number of hydrogen-bond acceptors (Lipinski definition) is 8. The van der Waals surface area contributed by atoms with E-state index in [1.165, 1.54) is 10.9 Å². The number of amides is 1. The zero-order valence-electron chi connectivity index (χ0n) is 21.7. The maximum atomic E-state index is 13.3. The van der Waals surface area contributed by atoms with Crippen LogP contribution in [0, 0.1) is 5.82 Å². The fraction of sp³-hybridized carbons (Fsp3) is 0.500. The minimum atomic E-state index is -0.820. The van der Waals surface area contributed by atoms with Crippen molar-refractivity contribution in [1.29, 1.82) is 0 Å². The molecule has 2 aliphatic rings. The average molecular weight is 511 g/mol. The van der Waals surface area contributed by atoms with Crippen LogP contribution in [0.3, 0.4) is 0 Å². The molecular formula is C26H31FN6O4. The molecule has 10 nitrogen and oxygen atoms in total. The molecule has 37 heavy (non-hydrogen) atoms. The van der Waals surface area contributed by atoms with Gasteiger partial charge in [-0.2, -0.15) is 5.10 Å². The quantitative estimate of drug-likeness (QED) is 0.581. The first-order valence-electron chi connectivity index (χ1n) is 12.1. The molecule has 2 saturated heterocycles. The maximum Gasteiger partial charge on any atom is 0.410 e. The lowest BCUT2D eigenvalue weighted by Gasteiger charge is -2.55. The molecule has 1 unspecified atom stereocenters. The molecule has 1 atom stereocenters. The van der Waals surface area contributed by atoms with Crippen molar-refractivity contribution in [3.8, 4) is 5.82 Å². The van der Waals surface area contributed by atoms with E-state index in [0.717, 1.165) is 11.8 Å². The number of carbonyl (C=O) groups is 1. The third-order valence-electron chi connectivity index (χ3n) is 7.06. The van der Waals surface area contributed by atoms with Crippen LogP contribution in [0.15, 0.2) is 42.1 Å². The first-order chi connectivity index (χ1) is 17.5. The van der Waals surface area contributed by atoms with Gasteiger partial charge in [-0.25, -0.2) is 28.4 Å². The highest BCUT2D eigenvalue weighted by Gasteiger charge is 2.51. The number of halogens is 1. The number of likely N-dealkylation sites (N-methyl/N-ethyl adjacent to an activating group) is 1. The van der Waals surface area contributed by atoms with Gasteiger partial charge < -0.3 is 19.4 Å². The van der Waals surface area contributed by atoms with Crippen LogP contribution in [0.2, 0.25) is 0 Å². The van der Waals surface area contributed by atoms with E-state index < -0.39 is 23.1 Å². The number of rotatable bonds is 3. The summed E-state index contributed by atoms with van der Waals surface area (Å²) in [5.74, 6) is 4.19. The standard InChI is InChI=1S/C26H31FN6O4/c1-18(19-6-7-23(28-12-19)33-14-20(27)13-29-33)32-15-21(16-34)30(5)26(22(32)17-35)8-10-31(11-9-26)24(36)37-25(2,3)4/h6-7,12-14,18H,8-11,15H2,1-5H3. The third-order valence-corrected chi connectivity index (χ3v) is 7.06. The Morgan fingerprint density at radius 1 is 1.16 bits per heavy atom. The highest BCUT2D eigenvalue weighted by molar-refractivity contribution is 5.69. The van der Waals surface area contributed by atoms with E-state index in [4.69, 9.17) is 4.74 Å². The van der Waals surface area contributed by atoms with Crippen molar-refractivity contribution in [3.63, 3.8) is 0 Å². The van der Waals surface area contributed by atoms with E-state index in [1.54, 1.807) is 24.2 Å². The minimum Gasteiger partial charge on any atom is -0.444 e. The molecule has 4 heterocycles. The normalized spacial score (nSPS) is 18.5. The van der Waals surface area contributed by atoms with E-state index in [9.17, 15) is 18.8 Å². The van der Waals surface area contributed by atoms with Crippen LogP contribution < -0.4 is 0 Å². The lowest BCUT2D eigenvalue weighted by Crippen LogP contribution is -2.63. The Morgan fingerprint density at radius 2 is 1.86 bits per heavy atom. The summed E-state index contributed by atoms with van der Waals surface area (Å²) in [6.07, 6.45) is 4.41. The van der Waals surface area contributed by atoms with Gasteiger partial charge in [0, 0.05) is 26.3 Å². The average Bonchev–Trinajstić information content (AvgIpc) is 3.31. The van der Waals surface area contributed by atoms with Crippen LogP contribution in [0.1, 0.15) is 52.1 Å². The zero-order valence-corrected chi connectivity index (χ0v) is 21.7. The van der Waals surface area contributed by atoms with Crippen molar-refractivity contribution in [2.75, 3.05) is 26.7 Å². The monoisotopic (exact) mass is 510 g/mol. The molecule has 2 aliphatic heterocycles. The smallest absolute Gasteiger partial charge is 0.410 e. The summed E-state index contributed by atoms with van der Waals surface area (Å²) in [6, 6.07) is 3.21. The number of likely N-dealkylation sites (tertiary alicyclic amines) is 1. The molecule has 0 saturated carbocycles. The van der Waals surface area contributed by atoms with Gasteiger partial charge in [0.05, 0.1) is 30.5 Å². The summed E-state index contributed by atoms with van der Waals surface area (Å²) in [4.78, 5) is 46.7. The summed E-state index contributed by atoms with van der Waals surface area (Å²) < 4.78 is 20.2. The molecule has 0 bridgehead atoms. The molecule has 0 aliphatic carbocycles. The Balaban J connectivity index is 1.60. The van der Waals surface area contributed by atoms with Gasteiger partial charge in [0.15, 0.2) is 11.6 Å². The molecule has 0 radical (unpaired) electrons. The molecule has 0 N–H and O–H groups in total. The Labute approximate surface area is 215 Å². The van der Waals surface area contributed by atoms with Gasteiger partial charge in [0.2, 0.25) is 0 Å². The number of piperidine rings is 1. The summed E-state index contributed by atoms with van der Waals surface area (Å²) >= 11 is 0. The second-order valence-corrected chi connectivity index (χ2v) is 10.4. The minimum absolute atomic E-state index is 0.176. The molecule has 0 aromatic carbocycles. The molecule has 2 fully saturated rings. The van der Waals surface area contributed by atoms with E-state index in [1.807, 2.05) is 49.5 Å². The summed E-state index contributed by atoms with van der Waals surface area (Å²) in [5.41, 5.74) is 0.188. The van der Waals surface area contributed by atoms with Crippen LogP contribution in [-0.2, 0) is 14.3 Å². The largest absolute Gasteiger partial charge is 0.444 e. The molecule has 2 aromatic rings. The Bertz CT molecular complexity index is 1260. The number of hydrogen-bond donors (Lipinski definition) is 0. The number of nitrogens with zero attached hydrogens (tertiary/aromatic N) is 6. The Morgan fingerprint density at radius 3 is 2.38 bits per heavy atom. The van der Waals surface area contributed by atoms with Gasteiger partial charge >= 0.3 is 6.09 Å². The fourth-order valence-electron chi connectivity index (χ4n) is 4.96. The van der Waals surface area contributed by atoms with E-state index in [2.05, 4.69) is 16.0 Å². The van der Waals surface area contributed by atoms with Gasteiger partial charge in [-0.1, -0.05) is 6.07 Å². The van der Waals surface area contributed by atoms with Crippen LogP contribution in [-0.4, -0.2) is 85.3 Å². The van der Waals surface area contributed by atoms with Crippen LogP contribution in [0.5, 0.6) is 0 Å². The molecule has 4 rings (SSSR count). The predicted octanol–water partition coefficient (Wildman–Crippen LogP) is 2.92. The number of ether oxygens (including phenoxy) is 1. The van der Waals surface area contributed by atoms with Crippen LogP contribution in [0.4, 0.5) is 9.18 Å². The molecule has 1 spiro atoms. The van der Waals surface area contributed by atoms with Crippen LogP contribution >= 0.6 is 0 Å². The first-order valence-corrected chi connectivity index (χ1v) is 12.1. The third kappa shape index (κ3) is 5.01. The predicted molar refractivity (Wildman–Crippen MR) is 132 cm³/mol. The van der Waals surface area contributed by atoms with Gasteiger partial charge in [-0.3, -0.25) is 0 Å². The highest BCUT2D eigenvalue weighted by atomic mass is 19.1. The number of piperazine rings is 1. The van der Waals surface area contributed by atoms with Crippen molar-refractivity contribution < 1.29 is 23.5 Å². The second-order valence-electron chi connectivity index (χ2n) is 10.4. The van der Waals surface area contributed by atoms with E-state index >= 15 is 0 Å². The summed E-state index contributed by atoms with van der Waals surface area (Å²) in [6.45, 7) is 8.24. The maximum absolute atomic E-state index is 13.3. The molecular weight excluding hydrogens is 479 g/mol. The van der Waals surface area contributed by atoms with Crippen molar-refractivity contribution >= 4 is 18.0 Å². The fourth-order valence-corrected chi connectivity index (χ4v) is 4.96. The molecule has 1 amide bonds. The zero-order chi connectivity index (χ0) is 27.0. The topological polar surface area (TPSA) is 101 Å². The Kier molecular flexibility index (Phi) is 6.95. The number of carbonyl (C=O) groups excluding carboxylic acids is 3. The summed E-state index contributed by atoms with van der Waals surface area (Å²) in [5, 5.41) is 3.92. The van der Waals surface area contributed by atoms with Gasteiger partial charge in [-0.05, 0) is 52.2 Å². The molecule has 196 valence electrons. The van der Waals surface area contributed by atoms with Crippen molar-refractivity contribution in [2.24, 2.45) is 0 Å². The van der Waals surface area contributed by atoms with Gasteiger partial charge in [0.1, 0.15) is 28.9 Å². The van der Waals surface area contributed by atoms with Crippen molar-refractivity contribution in [2.45, 2.75) is 57.7 Å². The number of aromatic nitrogens is 3. The van der Waals surface area contributed by atoms with Gasteiger partial charge in [0.25, 0.3) is 0 Å². The van der Waals surface area contributed by atoms with Gasteiger partial charge in [-0.15, -0.1) is 0 Å². The first kappa shape index (κ1) is 26.1. The highest BCUT2D eigenvalue weighted by Crippen LogP contribution is 2.44. The SMILES string of the molecule is CC(c1ccc(-n2cc(F)cn2)nc1)N1CC(=C=O)N(C)C2(CCN(C(=O)OC(C)(C)C)CC2)C1=C=O. The Hall–Kier alpha value is -3.94. The van der Waals surface area contributed by atoms with Crippen molar-refractivity contribution in [1.82, 2.24) is 29.5 Å². The number of pyridine rings is 1. The second kappa shape index (κ2) is 9.84. The summed E-state index contributed by atoms with van der Waals surface area (Å²) in [7, 11) is 1.78.